The van der Waals surface area contributed by atoms with Crippen molar-refractivity contribution in [2.24, 2.45) is 0 Å². The van der Waals surface area contributed by atoms with Crippen molar-refractivity contribution in [2.75, 3.05) is 26.7 Å². The van der Waals surface area contributed by atoms with Crippen LogP contribution in [0.4, 0.5) is 0 Å². The third-order valence-electron chi connectivity index (χ3n) is 4.25. The van der Waals surface area contributed by atoms with Crippen molar-refractivity contribution in [3.63, 3.8) is 0 Å². The van der Waals surface area contributed by atoms with E-state index in [4.69, 9.17) is 0 Å². The van der Waals surface area contributed by atoms with E-state index in [2.05, 4.69) is 43.7 Å². The van der Waals surface area contributed by atoms with Crippen LogP contribution in [0.5, 0.6) is 5.75 Å². The summed E-state index contributed by atoms with van der Waals surface area (Å²) < 4.78 is 0. The van der Waals surface area contributed by atoms with Crippen molar-refractivity contribution in [1.29, 1.82) is 0 Å². The minimum Gasteiger partial charge on any atom is -0.508 e. The molecule has 1 atom stereocenters. The Labute approximate surface area is 110 Å². The Balaban J connectivity index is 2.13. The summed E-state index contributed by atoms with van der Waals surface area (Å²) in [4.78, 5) is 4.91. The summed E-state index contributed by atoms with van der Waals surface area (Å²) in [6.07, 6.45) is 0. The van der Waals surface area contributed by atoms with E-state index in [9.17, 15) is 5.11 Å². The lowest BCUT2D eigenvalue weighted by atomic mass is 9.96. The summed E-state index contributed by atoms with van der Waals surface area (Å²) in [7, 11) is 2.19. The molecule has 0 bridgehead atoms. The first-order chi connectivity index (χ1) is 8.40. The number of nitrogens with zero attached hydrogens (tertiary/aromatic N) is 2. The van der Waals surface area contributed by atoms with Gasteiger partial charge < -0.3 is 5.11 Å². The average Bonchev–Trinajstić information content (AvgIpc) is 2.31. The maximum Gasteiger partial charge on any atom is 0.115 e. The van der Waals surface area contributed by atoms with E-state index in [1.807, 2.05) is 12.1 Å². The predicted molar refractivity (Wildman–Crippen MR) is 74.8 cm³/mol. The first-order valence-corrected chi connectivity index (χ1v) is 6.64. The van der Waals surface area contributed by atoms with Gasteiger partial charge in [-0.3, -0.25) is 9.80 Å². The fraction of sp³-hybridized carbons (Fsp3) is 0.600. The Morgan fingerprint density at radius 3 is 2.61 bits per heavy atom. The molecule has 0 amide bonds. The van der Waals surface area contributed by atoms with Gasteiger partial charge in [0.2, 0.25) is 0 Å². The zero-order valence-corrected chi connectivity index (χ0v) is 11.8. The highest BCUT2D eigenvalue weighted by Crippen LogP contribution is 2.28. The summed E-state index contributed by atoms with van der Waals surface area (Å²) in [6, 6.07) is 7.96. The van der Waals surface area contributed by atoms with Crippen molar-refractivity contribution >= 4 is 0 Å². The number of benzene rings is 1. The first-order valence-electron chi connectivity index (χ1n) is 6.64. The van der Waals surface area contributed by atoms with E-state index >= 15 is 0 Å². The smallest absolute Gasteiger partial charge is 0.115 e. The largest absolute Gasteiger partial charge is 0.508 e. The molecule has 18 heavy (non-hydrogen) atoms. The number of phenols is 1. The summed E-state index contributed by atoms with van der Waals surface area (Å²) in [5.41, 5.74) is 1.40. The molecule has 2 rings (SSSR count). The fourth-order valence-corrected chi connectivity index (χ4v) is 2.60. The molecule has 1 aliphatic rings. The van der Waals surface area contributed by atoms with E-state index in [0.717, 1.165) is 19.6 Å². The molecule has 0 aromatic heterocycles. The standard InChI is InChI=1S/C15H24N2O/c1-12(13-6-5-7-14(18)10-13)17-9-8-16(4)15(2,3)11-17/h5-7,10,12,18H,8-9,11H2,1-4H3. The van der Waals surface area contributed by atoms with Gasteiger partial charge in [-0.2, -0.15) is 0 Å². The molecule has 1 fully saturated rings. The second-order valence-corrected chi connectivity index (χ2v) is 5.98. The molecule has 0 aliphatic carbocycles. The topological polar surface area (TPSA) is 26.7 Å². The van der Waals surface area contributed by atoms with E-state index in [1.165, 1.54) is 5.56 Å². The molecule has 100 valence electrons. The van der Waals surface area contributed by atoms with Crippen molar-refractivity contribution in [1.82, 2.24) is 9.80 Å². The van der Waals surface area contributed by atoms with Gasteiger partial charge in [-0.05, 0) is 45.5 Å². The van der Waals surface area contributed by atoms with Crippen molar-refractivity contribution in [3.05, 3.63) is 29.8 Å². The predicted octanol–water partition coefficient (Wildman–Crippen LogP) is 2.48. The molecule has 0 radical (unpaired) electrons. The molecule has 1 aromatic carbocycles. The van der Waals surface area contributed by atoms with Gasteiger partial charge in [0.25, 0.3) is 0 Å². The summed E-state index contributed by atoms with van der Waals surface area (Å²) in [5, 5.41) is 9.58. The third kappa shape index (κ3) is 2.68. The Morgan fingerprint density at radius 2 is 2.00 bits per heavy atom. The second-order valence-electron chi connectivity index (χ2n) is 5.98. The van der Waals surface area contributed by atoms with Crippen LogP contribution >= 0.6 is 0 Å². The Kier molecular flexibility index (Phi) is 3.64. The van der Waals surface area contributed by atoms with Crippen LogP contribution in [-0.4, -0.2) is 47.1 Å². The van der Waals surface area contributed by atoms with Crippen molar-refractivity contribution in [2.45, 2.75) is 32.4 Å². The zero-order valence-electron chi connectivity index (χ0n) is 11.8. The highest BCUT2D eigenvalue weighted by atomic mass is 16.3. The van der Waals surface area contributed by atoms with Crippen LogP contribution < -0.4 is 0 Å². The third-order valence-corrected chi connectivity index (χ3v) is 4.25. The molecule has 1 aliphatic heterocycles. The van der Waals surface area contributed by atoms with Gasteiger partial charge in [-0.25, -0.2) is 0 Å². The highest BCUT2D eigenvalue weighted by Gasteiger charge is 2.33. The number of hydrogen-bond acceptors (Lipinski definition) is 3. The van der Waals surface area contributed by atoms with Gasteiger partial charge in [0.1, 0.15) is 5.75 Å². The quantitative estimate of drug-likeness (QED) is 0.871. The van der Waals surface area contributed by atoms with Gasteiger partial charge in [-0.15, -0.1) is 0 Å². The summed E-state index contributed by atoms with van der Waals surface area (Å²) in [6.45, 7) is 10.0. The van der Waals surface area contributed by atoms with Crippen molar-refractivity contribution < 1.29 is 5.11 Å². The minimum atomic E-state index is 0.212. The van der Waals surface area contributed by atoms with Gasteiger partial charge in [-0.1, -0.05) is 12.1 Å². The zero-order chi connectivity index (χ0) is 13.3. The minimum absolute atomic E-state index is 0.212. The monoisotopic (exact) mass is 248 g/mol. The highest BCUT2D eigenvalue weighted by molar-refractivity contribution is 5.29. The van der Waals surface area contributed by atoms with Gasteiger partial charge in [0, 0.05) is 31.2 Å². The Morgan fingerprint density at radius 1 is 1.28 bits per heavy atom. The first kappa shape index (κ1) is 13.4. The molecular weight excluding hydrogens is 224 g/mol. The number of rotatable bonds is 2. The van der Waals surface area contributed by atoms with E-state index in [0.29, 0.717) is 11.8 Å². The molecule has 1 N–H and O–H groups in total. The van der Waals surface area contributed by atoms with Crippen LogP contribution in [0.3, 0.4) is 0 Å². The molecular formula is C15H24N2O. The Hall–Kier alpha value is -1.06. The van der Waals surface area contributed by atoms with Gasteiger partial charge in [0.15, 0.2) is 0 Å². The lowest BCUT2D eigenvalue weighted by Crippen LogP contribution is -2.57. The van der Waals surface area contributed by atoms with Gasteiger partial charge in [0.05, 0.1) is 0 Å². The molecule has 3 nitrogen and oxygen atoms in total. The number of phenolic OH excluding ortho intramolecular Hbond substituents is 1. The van der Waals surface area contributed by atoms with E-state index in [-0.39, 0.29) is 5.54 Å². The van der Waals surface area contributed by atoms with E-state index in [1.54, 1.807) is 6.07 Å². The number of aromatic hydroxyl groups is 1. The van der Waals surface area contributed by atoms with Crippen LogP contribution in [-0.2, 0) is 0 Å². The van der Waals surface area contributed by atoms with Crippen LogP contribution in [0.15, 0.2) is 24.3 Å². The number of hydrogen-bond donors (Lipinski definition) is 1. The normalized spacial score (nSPS) is 22.9. The second kappa shape index (κ2) is 4.90. The van der Waals surface area contributed by atoms with Crippen LogP contribution in [0.1, 0.15) is 32.4 Å². The lowest BCUT2D eigenvalue weighted by molar-refractivity contribution is 0.0201. The number of piperazine rings is 1. The molecule has 0 saturated carbocycles. The molecule has 3 heteroatoms. The Bertz CT molecular complexity index is 417. The van der Waals surface area contributed by atoms with E-state index < -0.39 is 0 Å². The molecule has 1 saturated heterocycles. The molecule has 1 aromatic rings. The summed E-state index contributed by atoms with van der Waals surface area (Å²) in [5.74, 6) is 0.354. The maximum atomic E-state index is 9.58. The van der Waals surface area contributed by atoms with Crippen LogP contribution in [0, 0.1) is 0 Å². The lowest BCUT2D eigenvalue weighted by Gasteiger charge is -2.47. The molecule has 0 spiro atoms. The average molecular weight is 248 g/mol. The van der Waals surface area contributed by atoms with Crippen LogP contribution in [0.25, 0.3) is 0 Å². The molecule has 1 unspecified atom stereocenters. The van der Waals surface area contributed by atoms with Crippen molar-refractivity contribution in [3.8, 4) is 5.75 Å². The number of likely N-dealkylation sites (N-methyl/N-ethyl adjacent to an activating group) is 1. The van der Waals surface area contributed by atoms with Crippen LogP contribution in [0.2, 0.25) is 0 Å². The SMILES string of the molecule is CC(c1cccc(O)c1)N1CCN(C)C(C)(C)C1. The maximum absolute atomic E-state index is 9.58. The molecule has 1 heterocycles. The summed E-state index contributed by atoms with van der Waals surface area (Å²) >= 11 is 0. The van der Waals surface area contributed by atoms with Gasteiger partial charge >= 0.3 is 0 Å². The fourth-order valence-electron chi connectivity index (χ4n) is 2.60.